The zero-order chi connectivity index (χ0) is 20.7. The van der Waals surface area contributed by atoms with Crippen LogP contribution in [0, 0.1) is 5.82 Å². The third-order valence-electron chi connectivity index (χ3n) is 5.45. The molecule has 0 bridgehead atoms. The van der Waals surface area contributed by atoms with Gasteiger partial charge in [-0.2, -0.15) is 0 Å². The average Bonchev–Trinajstić information content (AvgIpc) is 3.40. The van der Waals surface area contributed by atoms with Crippen LogP contribution in [0.15, 0.2) is 71.1 Å². The molecule has 0 N–H and O–H groups in total. The van der Waals surface area contributed by atoms with Crippen molar-refractivity contribution in [3.8, 4) is 11.1 Å². The maximum Gasteiger partial charge on any atom is 0.254 e. The van der Waals surface area contributed by atoms with Crippen LogP contribution in [-0.4, -0.2) is 22.3 Å². The molecule has 5 rings (SSSR count). The Morgan fingerprint density at radius 2 is 1.87 bits per heavy atom. The molecule has 1 aliphatic rings. The molecule has 0 radical (unpaired) electrons. The summed E-state index contributed by atoms with van der Waals surface area (Å²) in [5.41, 5.74) is 3.58. The van der Waals surface area contributed by atoms with Crippen LogP contribution in [0.5, 0.6) is 0 Å². The van der Waals surface area contributed by atoms with Crippen molar-refractivity contribution < 1.29 is 13.6 Å². The Morgan fingerprint density at radius 3 is 2.67 bits per heavy atom. The van der Waals surface area contributed by atoms with Gasteiger partial charge in [0, 0.05) is 17.1 Å². The smallest absolute Gasteiger partial charge is 0.254 e. The van der Waals surface area contributed by atoms with Gasteiger partial charge in [-0.1, -0.05) is 29.8 Å². The van der Waals surface area contributed by atoms with Crippen molar-refractivity contribution in [2.45, 2.75) is 18.9 Å². The predicted molar refractivity (Wildman–Crippen MR) is 114 cm³/mol. The number of hydrogen-bond donors (Lipinski definition) is 0. The summed E-state index contributed by atoms with van der Waals surface area (Å²) in [7, 11) is 0. The highest BCUT2D eigenvalue weighted by molar-refractivity contribution is 6.30. The van der Waals surface area contributed by atoms with Gasteiger partial charge in [0.15, 0.2) is 5.58 Å². The van der Waals surface area contributed by atoms with Gasteiger partial charge in [-0.25, -0.2) is 9.37 Å². The second kappa shape index (κ2) is 7.58. The van der Waals surface area contributed by atoms with E-state index in [2.05, 4.69) is 4.98 Å². The lowest BCUT2D eigenvalue weighted by molar-refractivity contribution is 0.0717. The molecule has 0 unspecified atom stereocenters. The molecule has 1 aliphatic heterocycles. The fourth-order valence-electron chi connectivity index (χ4n) is 3.96. The number of carbonyl (C=O) groups is 1. The van der Waals surface area contributed by atoms with Crippen LogP contribution in [0.4, 0.5) is 4.39 Å². The van der Waals surface area contributed by atoms with Crippen molar-refractivity contribution in [1.29, 1.82) is 0 Å². The molecule has 150 valence electrons. The SMILES string of the molecule is O=C(c1ccc(Cl)cc1)N1CCC[C@@H]1c1nc2cc(-c3cccc(F)c3)ccc2o1. The van der Waals surface area contributed by atoms with E-state index in [0.717, 1.165) is 24.0 Å². The number of amides is 1. The van der Waals surface area contributed by atoms with E-state index < -0.39 is 0 Å². The molecule has 2 heterocycles. The average molecular weight is 421 g/mol. The molecule has 1 aromatic heterocycles. The Balaban J connectivity index is 1.46. The molecule has 1 saturated heterocycles. The van der Waals surface area contributed by atoms with Gasteiger partial charge in [-0.15, -0.1) is 0 Å². The molecule has 4 nitrogen and oxygen atoms in total. The maximum atomic E-state index is 13.6. The third kappa shape index (κ3) is 3.46. The summed E-state index contributed by atoms with van der Waals surface area (Å²) in [6.45, 7) is 0.652. The number of fused-ring (bicyclic) bond motifs is 1. The molecule has 0 spiro atoms. The molecule has 30 heavy (non-hydrogen) atoms. The minimum absolute atomic E-state index is 0.0585. The van der Waals surface area contributed by atoms with Gasteiger partial charge < -0.3 is 9.32 Å². The van der Waals surface area contributed by atoms with Crippen molar-refractivity contribution in [3.05, 3.63) is 89.0 Å². The highest BCUT2D eigenvalue weighted by Gasteiger charge is 2.34. The van der Waals surface area contributed by atoms with E-state index in [4.69, 9.17) is 16.0 Å². The molecule has 4 aromatic rings. The topological polar surface area (TPSA) is 46.3 Å². The standard InChI is InChI=1S/C24H18ClFN2O2/c25-18-9-6-15(7-10-18)24(29)28-12-2-5-21(28)23-27-20-14-17(8-11-22(20)30-23)16-3-1-4-19(26)13-16/h1,3-4,6-11,13-14,21H,2,5,12H2/t21-/m1/s1. The van der Waals surface area contributed by atoms with Gasteiger partial charge in [0.2, 0.25) is 5.89 Å². The van der Waals surface area contributed by atoms with Crippen molar-refractivity contribution in [3.63, 3.8) is 0 Å². The Morgan fingerprint density at radius 1 is 1.07 bits per heavy atom. The quantitative estimate of drug-likeness (QED) is 0.392. The van der Waals surface area contributed by atoms with Gasteiger partial charge in [-0.05, 0) is 72.5 Å². The minimum atomic E-state index is -0.282. The lowest BCUT2D eigenvalue weighted by atomic mass is 10.1. The molecule has 0 aliphatic carbocycles. The number of halogens is 2. The van der Waals surface area contributed by atoms with Crippen molar-refractivity contribution in [1.82, 2.24) is 9.88 Å². The predicted octanol–water partition coefficient (Wildman–Crippen LogP) is 6.26. The van der Waals surface area contributed by atoms with E-state index in [0.29, 0.717) is 34.1 Å². The van der Waals surface area contributed by atoms with Gasteiger partial charge in [0.25, 0.3) is 5.91 Å². The van der Waals surface area contributed by atoms with E-state index >= 15 is 0 Å². The molecule has 0 saturated carbocycles. The van der Waals surface area contributed by atoms with Gasteiger partial charge in [0.05, 0.1) is 0 Å². The number of benzene rings is 3. The van der Waals surface area contributed by atoms with E-state index in [1.807, 2.05) is 24.3 Å². The Kier molecular flexibility index (Phi) is 4.75. The van der Waals surface area contributed by atoms with E-state index in [1.54, 1.807) is 35.2 Å². The number of hydrogen-bond acceptors (Lipinski definition) is 3. The second-order valence-corrected chi connectivity index (χ2v) is 7.84. The number of oxazole rings is 1. The summed E-state index contributed by atoms with van der Waals surface area (Å²) in [5.74, 6) is 0.189. The normalized spacial score (nSPS) is 16.3. The van der Waals surface area contributed by atoms with Crippen LogP contribution in [0.1, 0.15) is 35.1 Å². The monoisotopic (exact) mass is 420 g/mol. The second-order valence-electron chi connectivity index (χ2n) is 7.41. The van der Waals surface area contributed by atoms with Crippen LogP contribution >= 0.6 is 11.6 Å². The lowest BCUT2D eigenvalue weighted by Crippen LogP contribution is -2.30. The Bertz CT molecular complexity index is 1240. The maximum absolute atomic E-state index is 13.6. The first-order chi connectivity index (χ1) is 14.6. The zero-order valence-electron chi connectivity index (χ0n) is 16.0. The summed E-state index contributed by atoms with van der Waals surface area (Å²) in [6.07, 6.45) is 1.68. The fraction of sp³-hybridized carbons (Fsp3) is 0.167. The molecular formula is C24H18ClFN2O2. The van der Waals surface area contributed by atoms with Crippen LogP contribution in [-0.2, 0) is 0 Å². The van der Waals surface area contributed by atoms with Gasteiger partial charge in [0.1, 0.15) is 17.4 Å². The molecule has 6 heteroatoms. The van der Waals surface area contributed by atoms with Crippen LogP contribution < -0.4 is 0 Å². The first-order valence-electron chi connectivity index (χ1n) is 9.81. The number of carbonyl (C=O) groups excluding carboxylic acids is 1. The number of rotatable bonds is 3. The molecule has 1 atom stereocenters. The van der Waals surface area contributed by atoms with Crippen LogP contribution in [0.2, 0.25) is 5.02 Å². The van der Waals surface area contributed by atoms with Crippen LogP contribution in [0.25, 0.3) is 22.2 Å². The summed E-state index contributed by atoms with van der Waals surface area (Å²) >= 11 is 5.94. The fourth-order valence-corrected chi connectivity index (χ4v) is 4.09. The molecule has 3 aromatic carbocycles. The highest BCUT2D eigenvalue weighted by atomic mass is 35.5. The third-order valence-corrected chi connectivity index (χ3v) is 5.70. The van der Waals surface area contributed by atoms with E-state index in [1.165, 1.54) is 12.1 Å². The molecular weight excluding hydrogens is 403 g/mol. The summed E-state index contributed by atoms with van der Waals surface area (Å²) < 4.78 is 19.6. The highest BCUT2D eigenvalue weighted by Crippen LogP contribution is 2.35. The number of likely N-dealkylation sites (tertiary alicyclic amines) is 1. The first-order valence-corrected chi connectivity index (χ1v) is 10.2. The van der Waals surface area contributed by atoms with E-state index in [-0.39, 0.29) is 17.8 Å². The first kappa shape index (κ1) is 18.8. The van der Waals surface area contributed by atoms with Gasteiger partial charge >= 0.3 is 0 Å². The lowest BCUT2D eigenvalue weighted by Gasteiger charge is -2.22. The Labute approximate surface area is 177 Å². The molecule has 1 fully saturated rings. The van der Waals surface area contributed by atoms with Crippen molar-refractivity contribution in [2.24, 2.45) is 0 Å². The van der Waals surface area contributed by atoms with Crippen molar-refractivity contribution in [2.75, 3.05) is 6.54 Å². The van der Waals surface area contributed by atoms with Gasteiger partial charge in [-0.3, -0.25) is 4.79 Å². The summed E-state index contributed by atoms with van der Waals surface area (Å²) in [4.78, 5) is 19.5. The zero-order valence-corrected chi connectivity index (χ0v) is 16.8. The van der Waals surface area contributed by atoms with E-state index in [9.17, 15) is 9.18 Å². The number of aromatic nitrogens is 1. The number of nitrogens with zero attached hydrogens (tertiary/aromatic N) is 2. The van der Waals surface area contributed by atoms with Crippen molar-refractivity contribution >= 4 is 28.6 Å². The summed E-state index contributed by atoms with van der Waals surface area (Å²) in [5, 5.41) is 0.595. The summed E-state index contributed by atoms with van der Waals surface area (Å²) in [6, 6.07) is 18.7. The Hall–Kier alpha value is -3.18. The van der Waals surface area contributed by atoms with Crippen LogP contribution in [0.3, 0.4) is 0 Å². The molecule has 1 amide bonds. The largest absolute Gasteiger partial charge is 0.438 e. The minimum Gasteiger partial charge on any atom is -0.438 e.